The third kappa shape index (κ3) is 4.92. The number of hydrogen-bond acceptors (Lipinski definition) is 7. The lowest BCUT2D eigenvalue weighted by Gasteiger charge is -2.13. The number of benzene rings is 1. The number of rotatable bonds is 8. The van der Waals surface area contributed by atoms with Crippen LogP contribution in [0.1, 0.15) is 46.9 Å². The number of aryl methyl sites for hydroxylation is 1. The van der Waals surface area contributed by atoms with Gasteiger partial charge in [-0.05, 0) is 49.6 Å². The van der Waals surface area contributed by atoms with Crippen molar-refractivity contribution in [2.75, 3.05) is 20.3 Å². The van der Waals surface area contributed by atoms with Gasteiger partial charge in [-0.3, -0.25) is 4.79 Å². The first kappa shape index (κ1) is 24.1. The Morgan fingerprint density at radius 3 is 2.72 bits per heavy atom. The van der Waals surface area contributed by atoms with Gasteiger partial charge in [0, 0.05) is 0 Å². The normalized spacial score (nSPS) is 11.6. The summed E-state index contributed by atoms with van der Waals surface area (Å²) in [7, 11) is 1.52. The van der Waals surface area contributed by atoms with Crippen molar-refractivity contribution in [3.8, 4) is 11.5 Å². The van der Waals surface area contributed by atoms with Crippen LogP contribution in [0.3, 0.4) is 0 Å². The topological polar surface area (TPSA) is 90.5 Å². The Kier molecular flexibility index (Phi) is 7.82. The van der Waals surface area contributed by atoms with E-state index in [0.29, 0.717) is 49.3 Å². The number of nitrogens with zero attached hydrogens (tertiary/aromatic N) is 1. The second kappa shape index (κ2) is 10.4. The van der Waals surface area contributed by atoms with Crippen molar-refractivity contribution in [3.05, 3.63) is 49.3 Å². The first-order valence-electron chi connectivity index (χ1n) is 9.89. The second-order valence-corrected chi connectivity index (χ2v) is 8.56. The van der Waals surface area contributed by atoms with E-state index in [1.165, 1.54) is 7.11 Å². The van der Waals surface area contributed by atoms with Crippen LogP contribution in [-0.2, 0) is 4.74 Å². The predicted molar refractivity (Wildman–Crippen MR) is 128 cm³/mol. The van der Waals surface area contributed by atoms with E-state index in [2.05, 4.69) is 9.97 Å². The van der Waals surface area contributed by atoms with Gasteiger partial charge in [0.05, 0.1) is 35.8 Å². The fourth-order valence-corrected chi connectivity index (χ4v) is 4.60. The van der Waals surface area contributed by atoms with Gasteiger partial charge in [0.15, 0.2) is 17.3 Å². The molecule has 3 rings (SSSR count). The van der Waals surface area contributed by atoms with Gasteiger partial charge in [-0.1, -0.05) is 30.1 Å². The largest absolute Gasteiger partial charge is 0.493 e. The van der Waals surface area contributed by atoms with E-state index < -0.39 is 5.97 Å². The highest BCUT2D eigenvalue weighted by atomic mass is 35.5. The Hall–Kier alpha value is -2.55. The van der Waals surface area contributed by atoms with Crippen LogP contribution < -0.4 is 15.0 Å². The molecule has 0 unspecified atom stereocenters. The molecule has 2 aromatic heterocycles. The quantitative estimate of drug-likeness (QED) is 0.404. The monoisotopic (exact) mass is 496 g/mol. The molecular formula is C22H22Cl2N2O5S. The summed E-state index contributed by atoms with van der Waals surface area (Å²) in [5, 5.41) is 0.903. The zero-order chi connectivity index (χ0) is 23.4. The Labute approximate surface area is 198 Å². The molecule has 1 N–H and O–H groups in total. The van der Waals surface area contributed by atoms with Gasteiger partial charge in [-0.25, -0.2) is 9.78 Å². The van der Waals surface area contributed by atoms with Crippen molar-refractivity contribution in [1.82, 2.24) is 9.97 Å². The second-order valence-electron chi connectivity index (χ2n) is 6.75. The molecule has 0 aliphatic heterocycles. The average molecular weight is 497 g/mol. The molecule has 0 bridgehead atoms. The number of thiophene rings is 1. The molecule has 0 aliphatic rings. The van der Waals surface area contributed by atoms with E-state index in [-0.39, 0.29) is 23.0 Å². The van der Waals surface area contributed by atoms with Crippen LogP contribution in [0.25, 0.3) is 21.3 Å². The Bertz CT molecular complexity index is 1250. The molecule has 2 heterocycles. The summed E-state index contributed by atoms with van der Waals surface area (Å²) in [6.45, 7) is 6.15. The van der Waals surface area contributed by atoms with Gasteiger partial charge in [0.25, 0.3) is 5.56 Å². The zero-order valence-corrected chi connectivity index (χ0v) is 20.3. The molecule has 1 aromatic carbocycles. The molecule has 10 heteroatoms. The minimum absolute atomic E-state index is 0.169. The number of carbonyl (C=O) groups is 1. The standard InChI is InChI=1S/C22H22Cl2N2O5S/c1-5-7-31-17-13(23)8-12(10-15(17)29-4)9-14(24)19-25-20(27)16-11(3)18(22(28)30-6-2)32-21(16)26-19/h8-10H,5-7H2,1-4H3,(H,25,26,27)/b14-9-. The van der Waals surface area contributed by atoms with Crippen LogP contribution in [-0.4, -0.2) is 36.3 Å². The minimum atomic E-state index is -0.484. The van der Waals surface area contributed by atoms with E-state index in [1.807, 2.05) is 6.92 Å². The maximum atomic E-state index is 12.7. The lowest BCUT2D eigenvalue weighted by Crippen LogP contribution is -2.11. The van der Waals surface area contributed by atoms with Crippen LogP contribution in [0, 0.1) is 6.92 Å². The maximum Gasteiger partial charge on any atom is 0.348 e. The van der Waals surface area contributed by atoms with Gasteiger partial charge >= 0.3 is 5.97 Å². The maximum absolute atomic E-state index is 12.7. The highest BCUT2D eigenvalue weighted by Crippen LogP contribution is 2.38. The molecule has 32 heavy (non-hydrogen) atoms. The number of hydrogen-bond donors (Lipinski definition) is 1. The molecule has 3 aromatic rings. The van der Waals surface area contributed by atoms with Crippen molar-refractivity contribution >= 4 is 61.8 Å². The summed E-state index contributed by atoms with van der Waals surface area (Å²) in [5.41, 5.74) is 0.779. The van der Waals surface area contributed by atoms with Crippen LogP contribution in [0.4, 0.5) is 0 Å². The molecule has 0 atom stereocenters. The van der Waals surface area contributed by atoms with E-state index in [4.69, 9.17) is 37.4 Å². The predicted octanol–water partition coefficient (Wildman–Crippen LogP) is 5.66. The molecule has 0 saturated heterocycles. The molecule has 0 aliphatic carbocycles. The molecule has 7 nitrogen and oxygen atoms in total. The number of methoxy groups -OCH3 is 1. The van der Waals surface area contributed by atoms with Gasteiger partial charge < -0.3 is 19.2 Å². The Morgan fingerprint density at radius 2 is 2.06 bits per heavy atom. The molecule has 170 valence electrons. The van der Waals surface area contributed by atoms with E-state index in [0.717, 1.165) is 17.8 Å². The number of aromatic amines is 1. The summed E-state index contributed by atoms with van der Waals surface area (Å²) in [4.78, 5) is 32.7. The van der Waals surface area contributed by atoms with E-state index >= 15 is 0 Å². The first-order chi connectivity index (χ1) is 15.3. The number of halogens is 2. The molecule has 0 spiro atoms. The number of esters is 1. The smallest absolute Gasteiger partial charge is 0.348 e. The van der Waals surface area contributed by atoms with Crippen LogP contribution in [0.15, 0.2) is 16.9 Å². The molecule has 0 saturated carbocycles. The van der Waals surface area contributed by atoms with Gasteiger partial charge in [0.1, 0.15) is 9.71 Å². The van der Waals surface area contributed by atoms with Crippen molar-refractivity contribution in [2.45, 2.75) is 27.2 Å². The van der Waals surface area contributed by atoms with E-state index in [9.17, 15) is 9.59 Å². The highest BCUT2D eigenvalue weighted by molar-refractivity contribution is 7.20. The zero-order valence-electron chi connectivity index (χ0n) is 18.0. The molecule has 0 amide bonds. The number of H-pyrrole nitrogens is 1. The lowest BCUT2D eigenvalue weighted by atomic mass is 10.1. The fourth-order valence-electron chi connectivity index (χ4n) is 3.03. The average Bonchev–Trinajstić information content (AvgIpc) is 3.09. The number of fused-ring (bicyclic) bond motifs is 1. The number of ether oxygens (including phenoxy) is 3. The summed E-state index contributed by atoms with van der Waals surface area (Å²) in [5.74, 6) is 0.606. The summed E-state index contributed by atoms with van der Waals surface area (Å²) >= 11 is 13.9. The third-order valence-corrected chi connectivity index (χ3v) is 6.22. The molecule has 0 radical (unpaired) electrons. The van der Waals surface area contributed by atoms with Crippen LogP contribution >= 0.6 is 34.5 Å². The van der Waals surface area contributed by atoms with Gasteiger partial charge in [0.2, 0.25) is 0 Å². The fraction of sp³-hybridized carbons (Fsp3) is 0.318. The van der Waals surface area contributed by atoms with Crippen molar-refractivity contribution in [2.24, 2.45) is 0 Å². The number of aromatic nitrogens is 2. The minimum Gasteiger partial charge on any atom is -0.493 e. The van der Waals surface area contributed by atoms with Crippen molar-refractivity contribution in [3.63, 3.8) is 0 Å². The third-order valence-electron chi connectivity index (χ3n) is 4.48. The number of nitrogens with one attached hydrogen (secondary N) is 1. The van der Waals surface area contributed by atoms with Crippen molar-refractivity contribution < 1.29 is 19.0 Å². The number of carbonyl (C=O) groups excluding carboxylic acids is 1. The van der Waals surface area contributed by atoms with Crippen LogP contribution in [0.2, 0.25) is 5.02 Å². The summed E-state index contributed by atoms with van der Waals surface area (Å²) in [6.07, 6.45) is 2.44. The molecular weight excluding hydrogens is 475 g/mol. The lowest BCUT2D eigenvalue weighted by molar-refractivity contribution is 0.0531. The first-order valence-corrected chi connectivity index (χ1v) is 11.5. The van der Waals surface area contributed by atoms with Crippen LogP contribution in [0.5, 0.6) is 11.5 Å². The highest BCUT2D eigenvalue weighted by Gasteiger charge is 2.21. The van der Waals surface area contributed by atoms with Crippen molar-refractivity contribution in [1.29, 1.82) is 0 Å². The molecule has 0 fully saturated rings. The summed E-state index contributed by atoms with van der Waals surface area (Å²) < 4.78 is 16.1. The Morgan fingerprint density at radius 1 is 1.31 bits per heavy atom. The van der Waals surface area contributed by atoms with Gasteiger partial charge in [-0.15, -0.1) is 11.3 Å². The van der Waals surface area contributed by atoms with Gasteiger partial charge in [-0.2, -0.15) is 0 Å². The SMILES string of the molecule is CCCOc1c(Cl)cc(/C=C(\Cl)c2nc3sc(C(=O)OCC)c(C)c3c(=O)[nH]2)cc1OC. The Balaban J connectivity index is 2.02. The van der Waals surface area contributed by atoms with E-state index in [1.54, 1.807) is 32.1 Å². The summed E-state index contributed by atoms with van der Waals surface area (Å²) in [6, 6.07) is 3.41.